The number of methoxy groups -OCH3 is 4. The highest BCUT2D eigenvalue weighted by Crippen LogP contribution is 2.34. The standard InChI is InChI=1S/C32H41N3O7.C27H33N3O5/c1-32(2,3)42-31(37)35(21-22-6-9-27-29(18-22)41-17-16-40-27)23-10-12-33(13-11-23)14-15-34-26-19-24(38-4)7-8-25(26)28(39-5)20-30(34)36;1-32-21-4-5-22-23(16-21)30(27(31)17-25(22)33-2)12-11-29-9-7-20(8-10-29)28-18-19-3-6-24-26(15-19)35-14-13-34-24/h6-9,18-20,23H,10-17,21H2,1-5H3;3-6,15-17,20,28H,7-14,18H2,1-2H3. The average Bonchev–Trinajstić information content (AvgIpc) is 3.45. The third-order valence-corrected chi connectivity index (χ3v) is 14.7. The molecule has 2 aromatic heterocycles. The molecule has 0 radical (unpaired) electrons. The summed E-state index contributed by atoms with van der Waals surface area (Å²) in [6.45, 7) is 15.5. The van der Waals surface area contributed by atoms with Crippen LogP contribution in [-0.4, -0.2) is 142 Å². The van der Waals surface area contributed by atoms with Crippen molar-refractivity contribution in [3.05, 3.63) is 117 Å². The largest absolute Gasteiger partial charge is 0.497 e. The molecule has 4 aliphatic rings. The molecule has 0 aliphatic carbocycles. The van der Waals surface area contributed by atoms with Gasteiger partial charge in [-0.05, 0) is 119 Å². The summed E-state index contributed by atoms with van der Waals surface area (Å²) < 4.78 is 53.9. The van der Waals surface area contributed by atoms with Crippen LogP contribution in [0.5, 0.6) is 46.0 Å². The summed E-state index contributed by atoms with van der Waals surface area (Å²) in [4.78, 5) is 45.9. The minimum atomic E-state index is -0.597. The molecule has 412 valence electrons. The Morgan fingerprint density at radius 2 is 1.04 bits per heavy atom. The number of piperidine rings is 2. The normalized spacial score (nSPS) is 16.1. The van der Waals surface area contributed by atoms with Gasteiger partial charge in [-0.3, -0.25) is 9.59 Å². The Bertz CT molecular complexity index is 3120. The second-order valence-electron chi connectivity index (χ2n) is 20.8. The van der Waals surface area contributed by atoms with Crippen LogP contribution >= 0.6 is 0 Å². The van der Waals surface area contributed by atoms with Gasteiger partial charge < -0.3 is 71.8 Å². The number of carbonyl (C=O) groups excluding carboxylic acids is 1. The van der Waals surface area contributed by atoms with Gasteiger partial charge in [0, 0.05) is 99.5 Å². The second kappa shape index (κ2) is 24.9. The summed E-state index contributed by atoms with van der Waals surface area (Å²) in [5, 5.41) is 5.47. The second-order valence-corrected chi connectivity index (χ2v) is 20.8. The predicted molar refractivity (Wildman–Crippen MR) is 295 cm³/mol. The third kappa shape index (κ3) is 13.5. The smallest absolute Gasteiger partial charge is 0.410 e. The lowest BCUT2D eigenvalue weighted by atomic mass is 10.0. The lowest BCUT2D eigenvalue weighted by Gasteiger charge is -2.39. The van der Waals surface area contributed by atoms with E-state index in [1.807, 2.05) is 90.9 Å². The first kappa shape index (κ1) is 54.6. The maximum atomic E-state index is 13.4. The molecule has 1 amide bonds. The summed E-state index contributed by atoms with van der Waals surface area (Å²) in [5.74, 6) is 5.65. The zero-order chi connectivity index (χ0) is 54.1. The highest BCUT2D eigenvalue weighted by molar-refractivity contribution is 5.87. The third-order valence-electron chi connectivity index (χ3n) is 14.7. The van der Waals surface area contributed by atoms with Crippen LogP contribution in [0.15, 0.2) is 94.5 Å². The van der Waals surface area contributed by atoms with Crippen LogP contribution in [-0.2, 0) is 30.9 Å². The van der Waals surface area contributed by atoms with Crippen molar-refractivity contribution in [1.82, 2.24) is 29.2 Å². The van der Waals surface area contributed by atoms with E-state index >= 15 is 0 Å². The molecule has 0 atom stereocenters. The Morgan fingerprint density at radius 3 is 1.52 bits per heavy atom. The number of rotatable bonds is 16. The number of pyridine rings is 2. The molecular weight excluding hydrogens is 985 g/mol. The van der Waals surface area contributed by atoms with Crippen LogP contribution in [0.3, 0.4) is 0 Å². The maximum Gasteiger partial charge on any atom is 0.410 e. The van der Waals surface area contributed by atoms with Crippen LogP contribution in [0, 0.1) is 0 Å². The Balaban J connectivity index is 0.000000191. The van der Waals surface area contributed by atoms with Crippen molar-refractivity contribution in [3.8, 4) is 46.0 Å². The van der Waals surface area contributed by atoms with Gasteiger partial charge in [0.15, 0.2) is 23.0 Å². The minimum absolute atomic E-state index is 0.0260. The van der Waals surface area contributed by atoms with Gasteiger partial charge >= 0.3 is 6.09 Å². The van der Waals surface area contributed by atoms with Gasteiger partial charge in [-0.25, -0.2) is 4.79 Å². The number of benzene rings is 4. The van der Waals surface area contributed by atoms with Crippen molar-refractivity contribution in [1.29, 1.82) is 0 Å². The van der Waals surface area contributed by atoms with Crippen LogP contribution in [0.1, 0.15) is 57.6 Å². The fourth-order valence-corrected chi connectivity index (χ4v) is 10.5. The number of ether oxygens (including phenoxy) is 9. The van der Waals surface area contributed by atoms with Gasteiger partial charge in [-0.15, -0.1) is 0 Å². The Hall–Kier alpha value is -7.15. The molecule has 2 fully saturated rings. The molecule has 77 heavy (non-hydrogen) atoms. The number of likely N-dealkylation sites (tertiary alicyclic amines) is 2. The van der Waals surface area contributed by atoms with E-state index in [0.29, 0.717) is 81.6 Å². The number of nitrogens with one attached hydrogen (secondary N) is 1. The molecule has 0 saturated carbocycles. The number of amides is 1. The van der Waals surface area contributed by atoms with E-state index < -0.39 is 5.60 Å². The molecule has 4 aliphatic heterocycles. The van der Waals surface area contributed by atoms with Crippen LogP contribution in [0.2, 0.25) is 0 Å². The lowest BCUT2D eigenvalue weighted by Crippen LogP contribution is -2.49. The summed E-state index contributed by atoms with van der Waals surface area (Å²) in [7, 11) is 6.41. The number of hydrogen-bond acceptors (Lipinski definition) is 15. The molecule has 0 spiro atoms. The summed E-state index contributed by atoms with van der Waals surface area (Å²) in [5.41, 5.74) is 3.02. The first-order valence-electron chi connectivity index (χ1n) is 26.8. The van der Waals surface area contributed by atoms with Gasteiger partial charge in [0.1, 0.15) is 55.0 Å². The number of fused-ring (bicyclic) bond motifs is 4. The monoisotopic (exact) mass is 1060 g/mol. The number of hydrogen-bond donors (Lipinski definition) is 1. The van der Waals surface area contributed by atoms with E-state index in [-0.39, 0.29) is 23.3 Å². The molecule has 4 aromatic carbocycles. The van der Waals surface area contributed by atoms with Crippen molar-refractivity contribution in [2.75, 3.05) is 94.1 Å². The molecule has 0 unspecified atom stereocenters. The fourth-order valence-electron chi connectivity index (χ4n) is 10.5. The van der Waals surface area contributed by atoms with Crippen LogP contribution < -0.4 is 54.3 Å². The molecule has 18 heteroatoms. The SMILES string of the molecule is COc1ccc2c(OC)cc(=O)n(CCN3CCC(N(Cc4ccc5c(c4)OCCO5)C(=O)OC(C)(C)C)CC3)c2c1.COc1ccc2c(OC)cc(=O)n(CCN3CCC(NCc4ccc5c(c4)OCCO5)CC3)c2c1. The molecule has 18 nitrogen and oxygen atoms in total. The lowest BCUT2D eigenvalue weighted by molar-refractivity contribution is 0.00561. The Labute approximate surface area is 450 Å². The molecule has 6 heterocycles. The molecular formula is C59H74N6O12. The van der Waals surface area contributed by atoms with Crippen LogP contribution in [0.25, 0.3) is 21.8 Å². The zero-order valence-electron chi connectivity index (χ0n) is 45.6. The van der Waals surface area contributed by atoms with E-state index in [2.05, 4.69) is 27.2 Å². The van der Waals surface area contributed by atoms with Crippen molar-refractivity contribution < 1.29 is 47.4 Å². The van der Waals surface area contributed by atoms with Crippen molar-refractivity contribution in [2.45, 2.75) is 90.3 Å². The van der Waals surface area contributed by atoms with Crippen molar-refractivity contribution in [3.63, 3.8) is 0 Å². The summed E-state index contributed by atoms with van der Waals surface area (Å²) >= 11 is 0. The first-order valence-corrected chi connectivity index (χ1v) is 26.8. The van der Waals surface area contributed by atoms with E-state index in [1.165, 1.54) is 11.6 Å². The highest BCUT2D eigenvalue weighted by Gasteiger charge is 2.32. The summed E-state index contributed by atoms with van der Waals surface area (Å²) in [6, 6.07) is 27.0. The van der Waals surface area contributed by atoms with Gasteiger partial charge in [-0.2, -0.15) is 0 Å². The van der Waals surface area contributed by atoms with E-state index in [9.17, 15) is 14.4 Å². The quantitative estimate of drug-likeness (QED) is 0.100. The number of nitrogens with zero attached hydrogens (tertiary/aromatic N) is 5. The molecule has 1 N–H and O–H groups in total. The maximum absolute atomic E-state index is 13.4. The van der Waals surface area contributed by atoms with Gasteiger partial charge in [0.2, 0.25) is 0 Å². The van der Waals surface area contributed by atoms with E-state index in [4.69, 9.17) is 42.6 Å². The molecule has 0 bridgehead atoms. The Kier molecular flexibility index (Phi) is 17.7. The highest BCUT2D eigenvalue weighted by atomic mass is 16.6. The minimum Gasteiger partial charge on any atom is -0.497 e. The van der Waals surface area contributed by atoms with Crippen molar-refractivity contribution in [2.24, 2.45) is 0 Å². The van der Waals surface area contributed by atoms with Gasteiger partial charge in [0.25, 0.3) is 11.1 Å². The summed E-state index contributed by atoms with van der Waals surface area (Å²) in [6.07, 6.45) is 3.44. The van der Waals surface area contributed by atoms with E-state index in [0.717, 1.165) is 115 Å². The van der Waals surface area contributed by atoms with Gasteiger partial charge in [0.05, 0.1) is 39.5 Å². The van der Waals surface area contributed by atoms with Crippen molar-refractivity contribution >= 4 is 27.9 Å². The molecule has 10 rings (SSSR count). The molecule has 6 aromatic rings. The number of carbonyl (C=O) groups is 1. The van der Waals surface area contributed by atoms with Gasteiger partial charge in [-0.1, -0.05) is 12.1 Å². The average molecular weight is 1060 g/mol. The predicted octanol–water partition coefficient (Wildman–Crippen LogP) is 7.74. The Morgan fingerprint density at radius 1 is 0.571 bits per heavy atom. The topological polar surface area (TPSA) is 166 Å². The first-order chi connectivity index (χ1) is 37.3. The van der Waals surface area contributed by atoms with E-state index in [1.54, 1.807) is 39.1 Å². The fraction of sp³-hybridized carbons (Fsp3) is 0.475. The van der Waals surface area contributed by atoms with Crippen LogP contribution in [0.4, 0.5) is 4.79 Å². The zero-order valence-corrected chi connectivity index (χ0v) is 45.6. The molecule has 2 saturated heterocycles. The number of aromatic nitrogens is 2.